The molecule has 2 nitrogen and oxygen atoms in total. The first-order valence-corrected chi connectivity index (χ1v) is 8.55. The topological polar surface area (TPSA) is 20.3 Å². The Kier molecular flexibility index (Phi) is 4.05. The zero-order valence-corrected chi connectivity index (χ0v) is 14.6. The third-order valence-corrected chi connectivity index (χ3v) is 5.48. The number of carbonyl (C=O) groups is 1. The maximum Gasteiger partial charge on any atom is 0.254 e. The molecule has 0 aromatic heterocycles. The zero-order valence-electron chi connectivity index (χ0n) is 14.6. The van der Waals surface area contributed by atoms with Crippen LogP contribution in [0.4, 0.5) is 8.78 Å². The van der Waals surface area contributed by atoms with Crippen molar-refractivity contribution in [1.82, 2.24) is 4.90 Å². The average molecular weight is 333 g/mol. The number of benzene rings is 1. The van der Waals surface area contributed by atoms with Gasteiger partial charge in [-0.3, -0.25) is 4.79 Å². The molecule has 1 amide bonds. The lowest BCUT2D eigenvalue weighted by Crippen LogP contribution is -2.39. The molecule has 2 unspecified atom stereocenters. The fourth-order valence-corrected chi connectivity index (χ4v) is 4.12. The summed E-state index contributed by atoms with van der Waals surface area (Å²) in [5, 5.41) is 0. The van der Waals surface area contributed by atoms with E-state index in [0.29, 0.717) is 19.4 Å². The second kappa shape index (κ2) is 5.68. The second-order valence-electron chi connectivity index (χ2n) is 8.09. The fourth-order valence-electron chi connectivity index (χ4n) is 4.12. The van der Waals surface area contributed by atoms with Crippen molar-refractivity contribution in [1.29, 1.82) is 0 Å². The summed E-state index contributed by atoms with van der Waals surface area (Å²) in [7, 11) is 0. The van der Waals surface area contributed by atoms with Crippen LogP contribution in [0.3, 0.4) is 0 Å². The van der Waals surface area contributed by atoms with Crippen LogP contribution in [0.2, 0.25) is 0 Å². The van der Waals surface area contributed by atoms with Gasteiger partial charge in [0.25, 0.3) is 5.92 Å². The highest BCUT2D eigenvalue weighted by molar-refractivity contribution is 5.87. The molecule has 2 saturated carbocycles. The van der Waals surface area contributed by atoms with Crippen molar-refractivity contribution in [2.24, 2.45) is 11.8 Å². The maximum absolute atomic E-state index is 13.5. The van der Waals surface area contributed by atoms with Crippen LogP contribution in [0.5, 0.6) is 0 Å². The first-order valence-electron chi connectivity index (χ1n) is 8.55. The number of amides is 1. The van der Waals surface area contributed by atoms with Gasteiger partial charge in [0.2, 0.25) is 5.91 Å². The number of nitrogens with zero attached hydrogens (tertiary/aromatic N) is 1. The molecule has 3 rings (SSSR count). The van der Waals surface area contributed by atoms with Gasteiger partial charge in [0, 0.05) is 24.4 Å². The molecule has 130 valence electrons. The predicted octanol–water partition coefficient (Wildman–Crippen LogP) is 4.54. The molecule has 1 aromatic carbocycles. The lowest BCUT2D eigenvalue weighted by Gasteiger charge is -2.32. The molecule has 24 heavy (non-hydrogen) atoms. The van der Waals surface area contributed by atoms with Crippen molar-refractivity contribution < 1.29 is 13.6 Å². The third kappa shape index (κ3) is 2.87. The van der Waals surface area contributed by atoms with Gasteiger partial charge in [-0.1, -0.05) is 51.6 Å². The molecule has 0 spiro atoms. The SMILES string of the molecule is C=CC(=O)N(Cc1ccccc1C(C)(C)C)C1CC2C(C1)C2(F)F. The van der Waals surface area contributed by atoms with Crippen molar-refractivity contribution in [3.8, 4) is 0 Å². The third-order valence-electron chi connectivity index (χ3n) is 5.48. The van der Waals surface area contributed by atoms with E-state index >= 15 is 0 Å². The molecule has 0 bridgehead atoms. The van der Waals surface area contributed by atoms with Crippen LogP contribution >= 0.6 is 0 Å². The Morgan fingerprint density at radius 3 is 2.42 bits per heavy atom. The number of alkyl halides is 2. The summed E-state index contributed by atoms with van der Waals surface area (Å²) in [6.45, 7) is 10.4. The highest BCUT2D eigenvalue weighted by Crippen LogP contribution is 2.64. The minimum absolute atomic E-state index is 0.0374. The summed E-state index contributed by atoms with van der Waals surface area (Å²) in [6.07, 6.45) is 2.09. The van der Waals surface area contributed by atoms with Crippen LogP contribution in [0.15, 0.2) is 36.9 Å². The smallest absolute Gasteiger partial charge is 0.254 e. The van der Waals surface area contributed by atoms with E-state index in [0.717, 1.165) is 5.56 Å². The van der Waals surface area contributed by atoms with Crippen LogP contribution in [-0.2, 0) is 16.8 Å². The van der Waals surface area contributed by atoms with Crippen molar-refractivity contribution >= 4 is 5.91 Å². The van der Waals surface area contributed by atoms with Gasteiger partial charge in [0.15, 0.2) is 0 Å². The van der Waals surface area contributed by atoms with E-state index in [9.17, 15) is 13.6 Å². The van der Waals surface area contributed by atoms with Crippen molar-refractivity contribution in [2.75, 3.05) is 0 Å². The van der Waals surface area contributed by atoms with Crippen LogP contribution in [0, 0.1) is 11.8 Å². The molecule has 2 aliphatic carbocycles. The Labute approximate surface area is 142 Å². The highest BCUT2D eigenvalue weighted by Gasteiger charge is 2.72. The van der Waals surface area contributed by atoms with Gasteiger partial charge in [-0.25, -0.2) is 8.78 Å². The molecular formula is C20H25F2NO. The normalized spacial score (nSPS) is 27.5. The molecule has 0 N–H and O–H groups in total. The van der Waals surface area contributed by atoms with E-state index in [1.165, 1.54) is 11.6 Å². The Hall–Kier alpha value is -1.71. The summed E-state index contributed by atoms with van der Waals surface area (Å²) in [6, 6.07) is 7.94. The van der Waals surface area contributed by atoms with E-state index in [2.05, 4.69) is 33.4 Å². The van der Waals surface area contributed by atoms with Crippen LogP contribution in [0.25, 0.3) is 0 Å². The molecule has 2 atom stereocenters. The Bertz CT molecular complexity index is 648. The van der Waals surface area contributed by atoms with E-state index in [4.69, 9.17) is 0 Å². The number of hydrogen-bond donors (Lipinski definition) is 0. The van der Waals surface area contributed by atoms with Gasteiger partial charge >= 0.3 is 0 Å². The highest BCUT2D eigenvalue weighted by atomic mass is 19.3. The Morgan fingerprint density at radius 2 is 1.88 bits per heavy atom. The Balaban J connectivity index is 1.82. The van der Waals surface area contributed by atoms with Crippen LogP contribution in [0.1, 0.15) is 44.7 Å². The molecule has 0 aliphatic heterocycles. The molecule has 0 radical (unpaired) electrons. The summed E-state index contributed by atoms with van der Waals surface area (Å²) < 4.78 is 27.0. The second-order valence-corrected chi connectivity index (χ2v) is 8.09. The van der Waals surface area contributed by atoms with Gasteiger partial charge in [-0.15, -0.1) is 0 Å². The van der Waals surface area contributed by atoms with Gasteiger partial charge in [0.05, 0.1) is 0 Å². The largest absolute Gasteiger partial charge is 0.332 e. The standard InChI is InChI=1S/C20H25F2NO/c1-5-18(24)23(14-10-16-17(11-14)20(16,21)22)12-13-8-6-7-9-15(13)19(2,3)4/h5-9,14,16-17H,1,10-12H2,2-4H3. The maximum atomic E-state index is 13.5. The van der Waals surface area contributed by atoms with Gasteiger partial charge in [0.1, 0.15) is 0 Å². The summed E-state index contributed by atoms with van der Waals surface area (Å²) in [4.78, 5) is 14.1. The van der Waals surface area contributed by atoms with E-state index in [1.807, 2.05) is 18.2 Å². The first kappa shape index (κ1) is 17.1. The molecule has 1 aromatic rings. The molecule has 0 heterocycles. The van der Waals surface area contributed by atoms with Gasteiger partial charge < -0.3 is 4.90 Å². The first-order chi connectivity index (χ1) is 11.2. The average Bonchev–Trinajstić information content (AvgIpc) is 2.90. The summed E-state index contributed by atoms with van der Waals surface area (Å²) in [5.74, 6) is -3.77. The Morgan fingerprint density at radius 1 is 1.29 bits per heavy atom. The number of halogens is 2. The summed E-state index contributed by atoms with van der Waals surface area (Å²) in [5.41, 5.74) is 2.22. The van der Waals surface area contributed by atoms with Crippen molar-refractivity contribution in [2.45, 2.75) is 57.5 Å². The number of carbonyl (C=O) groups excluding carboxylic acids is 1. The number of hydrogen-bond acceptors (Lipinski definition) is 1. The minimum Gasteiger partial charge on any atom is -0.332 e. The van der Waals surface area contributed by atoms with Crippen LogP contribution < -0.4 is 0 Å². The van der Waals surface area contributed by atoms with Crippen LogP contribution in [-0.4, -0.2) is 22.8 Å². The lowest BCUT2D eigenvalue weighted by molar-refractivity contribution is -0.129. The summed E-state index contributed by atoms with van der Waals surface area (Å²) >= 11 is 0. The minimum atomic E-state index is -2.51. The van der Waals surface area contributed by atoms with Crippen molar-refractivity contribution in [3.05, 3.63) is 48.0 Å². The molecule has 4 heteroatoms. The number of fused-ring (bicyclic) bond motifs is 1. The quantitative estimate of drug-likeness (QED) is 0.741. The monoisotopic (exact) mass is 333 g/mol. The lowest BCUT2D eigenvalue weighted by atomic mass is 9.83. The van der Waals surface area contributed by atoms with E-state index in [1.54, 1.807) is 4.90 Å². The van der Waals surface area contributed by atoms with E-state index < -0.39 is 17.8 Å². The van der Waals surface area contributed by atoms with Gasteiger partial charge in [-0.2, -0.15) is 0 Å². The number of rotatable bonds is 4. The predicted molar refractivity (Wildman–Crippen MR) is 90.8 cm³/mol. The van der Waals surface area contributed by atoms with Crippen molar-refractivity contribution in [3.63, 3.8) is 0 Å². The molecule has 2 aliphatic rings. The van der Waals surface area contributed by atoms with Gasteiger partial charge in [-0.05, 0) is 35.5 Å². The van der Waals surface area contributed by atoms with E-state index in [-0.39, 0.29) is 17.4 Å². The molecule has 2 fully saturated rings. The fraction of sp³-hybridized carbons (Fsp3) is 0.550. The zero-order chi connectivity index (χ0) is 17.7. The molecule has 0 saturated heterocycles. The molecular weight excluding hydrogens is 308 g/mol.